The maximum absolute atomic E-state index is 11.5. The Hall–Kier alpha value is -1.91. The lowest BCUT2D eigenvalue weighted by Gasteiger charge is -2.09. The first-order valence-corrected chi connectivity index (χ1v) is 4.53. The van der Waals surface area contributed by atoms with Crippen molar-refractivity contribution >= 4 is 11.8 Å². The van der Waals surface area contributed by atoms with Crippen molar-refractivity contribution in [2.75, 3.05) is 0 Å². The summed E-state index contributed by atoms with van der Waals surface area (Å²) in [4.78, 5) is 26.2. The van der Waals surface area contributed by atoms with Crippen LogP contribution in [0.4, 0.5) is 0 Å². The fraction of sp³-hybridized carbons (Fsp3) is 0.300. The van der Waals surface area contributed by atoms with Crippen LogP contribution in [0.15, 0.2) is 18.3 Å². The van der Waals surface area contributed by atoms with Gasteiger partial charge in [-0.25, -0.2) is 0 Å². The van der Waals surface area contributed by atoms with E-state index in [1.54, 1.807) is 12.1 Å². The van der Waals surface area contributed by atoms with E-state index in [0.717, 1.165) is 5.69 Å². The van der Waals surface area contributed by atoms with Crippen molar-refractivity contribution < 1.29 is 9.59 Å². The van der Waals surface area contributed by atoms with Crippen LogP contribution in [-0.4, -0.2) is 22.8 Å². The van der Waals surface area contributed by atoms with Crippen molar-refractivity contribution in [3.63, 3.8) is 0 Å². The van der Waals surface area contributed by atoms with Crippen LogP contribution in [0.3, 0.4) is 0 Å². The van der Waals surface area contributed by atoms with Crippen LogP contribution in [0.2, 0.25) is 0 Å². The lowest BCUT2D eigenvalue weighted by molar-refractivity contribution is -0.119. The maximum atomic E-state index is 11.5. The van der Waals surface area contributed by atoms with E-state index in [1.807, 2.05) is 6.92 Å². The SMILES string of the molecule is Cc1ccc(C(=O)NC(C)C(N)=O)cn1. The van der Waals surface area contributed by atoms with Crippen molar-refractivity contribution in [2.24, 2.45) is 5.73 Å². The van der Waals surface area contributed by atoms with Crippen LogP contribution in [-0.2, 0) is 4.79 Å². The minimum Gasteiger partial charge on any atom is -0.368 e. The number of hydrogen-bond donors (Lipinski definition) is 2. The topological polar surface area (TPSA) is 85.1 Å². The van der Waals surface area contributed by atoms with Gasteiger partial charge in [-0.05, 0) is 26.0 Å². The molecule has 1 aromatic rings. The summed E-state index contributed by atoms with van der Waals surface area (Å²) in [6, 6.07) is 2.69. The van der Waals surface area contributed by atoms with Crippen LogP contribution in [0, 0.1) is 6.92 Å². The van der Waals surface area contributed by atoms with Gasteiger partial charge in [-0.2, -0.15) is 0 Å². The van der Waals surface area contributed by atoms with E-state index in [4.69, 9.17) is 5.73 Å². The summed E-state index contributed by atoms with van der Waals surface area (Å²) in [5.74, 6) is -0.919. The molecule has 0 aromatic carbocycles. The minimum absolute atomic E-state index is 0.353. The number of primary amides is 1. The monoisotopic (exact) mass is 207 g/mol. The first kappa shape index (κ1) is 11.2. The number of carbonyl (C=O) groups excluding carboxylic acids is 2. The molecule has 1 aromatic heterocycles. The number of nitrogens with two attached hydrogens (primary N) is 1. The van der Waals surface area contributed by atoms with E-state index in [1.165, 1.54) is 13.1 Å². The van der Waals surface area contributed by atoms with E-state index in [-0.39, 0.29) is 5.91 Å². The number of nitrogens with one attached hydrogen (secondary N) is 1. The van der Waals surface area contributed by atoms with Gasteiger partial charge >= 0.3 is 0 Å². The molecular formula is C10H13N3O2. The van der Waals surface area contributed by atoms with Crippen LogP contribution in [0.5, 0.6) is 0 Å². The van der Waals surface area contributed by atoms with E-state index < -0.39 is 11.9 Å². The van der Waals surface area contributed by atoms with E-state index in [2.05, 4.69) is 10.3 Å². The molecule has 1 rings (SSSR count). The number of pyridine rings is 1. The molecule has 80 valence electrons. The van der Waals surface area contributed by atoms with Gasteiger partial charge in [-0.1, -0.05) is 0 Å². The Bertz CT molecular complexity index is 373. The van der Waals surface area contributed by atoms with Crippen molar-refractivity contribution in [3.05, 3.63) is 29.6 Å². The van der Waals surface area contributed by atoms with Gasteiger partial charge in [0, 0.05) is 11.9 Å². The molecule has 2 amide bonds. The Kier molecular flexibility index (Phi) is 3.38. The summed E-state index contributed by atoms with van der Waals surface area (Å²) in [5, 5.41) is 2.46. The van der Waals surface area contributed by atoms with Crippen LogP contribution < -0.4 is 11.1 Å². The van der Waals surface area contributed by atoms with Gasteiger partial charge in [0.2, 0.25) is 5.91 Å². The second kappa shape index (κ2) is 4.54. The van der Waals surface area contributed by atoms with Crippen LogP contribution in [0.25, 0.3) is 0 Å². The largest absolute Gasteiger partial charge is 0.368 e. The van der Waals surface area contributed by atoms with Gasteiger partial charge in [0.05, 0.1) is 5.56 Å². The minimum atomic E-state index is -0.682. The molecule has 0 aliphatic carbocycles. The Morgan fingerprint density at radius 3 is 2.60 bits per heavy atom. The molecule has 5 heteroatoms. The van der Waals surface area contributed by atoms with Crippen LogP contribution >= 0.6 is 0 Å². The number of rotatable bonds is 3. The lowest BCUT2D eigenvalue weighted by Crippen LogP contribution is -2.42. The highest BCUT2D eigenvalue weighted by Crippen LogP contribution is 1.99. The summed E-state index contributed by atoms with van der Waals surface area (Å²) < 4.78 is 0. The molecule has 15 heavy (non-hydrogen) atoms. The first-order chi connectivity index (χ1) is 7.00. The van der Waals surface area contributed by atoms with Crippen molar-refractivity contribution in [3.8, 4) is 0 Å². The van der Waals surface area contributed by atoms with Crippen molar-refractivity contribution in [1.82, 2.24) is 10.3 Å². The highest BCUT2D eigenvalue weighted by Gasteiger charge is 2.13. The number of amides is 2. The molecule has 0 saturated heterocycles. The number of hydrogen-bond acceptors (Lipinski definition) is 3. The van der Waals surface area contributed by atoms with E-state index in [9.17, 15) is 9.59 Å². The lowest BCUT2D eigenvalue weighted by atomic mass is 10.2. The third-order valence-corrected chi connectivity index (χ3v) is 1.95. The molecule has 1 unspecified atom stereocenters. The molecule has 3 N–H and O–H groups in total. The zero-order chi connectivity index (χ0) is 11.4. The average molecular weight is 207 g/mol. The number of aromatic nitrogens is 1. The zero-order valence-electron chi connectivity index (χ0n) is 8.65. The summed E-state index contributed by atoms with van der Waals surface area (Å²) in [5.41, 5.74) is 6.26. The fourth-order valence-electron chi connectivity index (χ4n) is 0.953. The van der Waals surface area contributed by atoms with Gasteiger partial charge in [-0.15, -0.1) is 0 Å². The third kappa shape index (κ3) is 3.05. The number of aryl methyl sites for hydroxylation is 1. The smallest absolute Gasteiger partial charge is 0.253 e. The highest BCUT2D eigenvalue weighted by atomic mass is 16.2. The van der Waals surface area contributed by atoms with Gasteiger partial charge in [0.25, 0.3) is 5.91 Å². The van der Waals surface area contributed by atoms with Gasteiger partial charge in [0.15, 0.2) is 0 Å². The van der Waals surface area contributed by atoms with Crippen molar-refractivity contribution in [2.45, 2.75) is 19.9 Å². The molecular weight excluding hydrogens is 194 g/mol. The summed E-state index contributed by atoms with van der Waals surface area (Å²) in [6.07, 6.45) is 1.46. The Balaban J connectivity index is 2.69. The Morgan fingerprint density at radius 1 is 1.47 bits per heavy atom. The fourth-order valence-corrected chi connectivity index (χ4v) is 0.953. The summed E-state index contributed by atoms with van der Waals surface area (Å²) in [6.45, 7) is 3.36. The normalized spacial score (nSPS) is 11.9. The molecule has 1 atom stereocenters. The molecule has 0 bridgehead atoms. The Morgan fingerprint density at radius 2 is 2.13 bits per heavy atom. The zero-order valence-corrected chi connectivity index (χ0v) is 8.65. The van der Waals surface area contributed by atoms with Gasteiger partial charge in [-0.3, -0.25) is 14.6 Å². The second-order valence-electron chi connectivity index (χ2n) is 3.29. The van der Waals surface area contributed by atoms with Crippen LogP contribution in [0.1, 0.15) is 23.0 Å². The van der Waals surface area contributed by atoms with E-state index >= 15 is 0 Å². The van der Waals surface area contributed by atoms with Gasteiger partial charge in [0.1, 0.15) is 6.04 Å². The first-order valence-electron chi connectivity index (χ1n) is 4.53. The molecule has 5 nitrogen and oxygen atoms in total. The maximum Gasteiger partial charge on any atom is 0.253 e. The molecule has 0 saturated carbocycles. The molecule has 0 aliphatic heterocycles. The quantitative estimate of drug-likeness (QED) is 0.731. The predicted octanol–water partition coefficient (Wildman–Crippen LogP) is -0.00638. The third-order valence-electron chi connectivity index (χ3n) is 1.95. The Labute approximate surface area is 87.7 Å². The molecule has 0 fully saturated rings. The van der Waals surface area contributed by atoms with E-state index in [0.29, 0.717) is 5.56 Å². The molecule has 0 spiro atoms. The van der Waals surface area contributed by atoms with Gasteiger partial charge < -0.3 is 11.1 Å². The molecule has 1 heterocycles. The molecule has 0 radical (unpaired) electrons. The highest BCUT2D eigenvalue weighted by molar-refractivity contribution is 5.96. The predicted molar refractivity (Wildman–Crippen MR) is 55.1 cm³/mol. The molecule has 0 aliphatic rings. The average Bonchev–Trinajstić information content (AvgIpc) is 2.18. The standard InChI is InChI=1S/C10H13N3O2/c1-6-3-4-8(5-12-6)10(15)13-7(2)9(11)14/h3-5,7H,1-2H3,(H2,11,14)(H,13,15). The number of nitrogens with zero attached hydrogens (tertiary/aromatic N) is 1. The summed E-state index contributed by atoms with van der Waals surface area (Å²) >= 11 is 0. The number of carbonyl (C=O) groups is 2. The summed E-state index contributed by atoms with van der Waals surface area (Å²) in [7, 11) is 0. The second-order valence-corrected chi connectivity index (χ2v) is 3.29. The van der Waals surface area contributed by atoms with Crippen molar-refractivity contribution in [1.29, 1.82) is 0 Å².